The quantitative estimate of drug-likeness (QED) is 0.818. The second-order valence-electron chi connectivity index (χ2n) is 7.09. The number of nitrogens with zero attached hydrogens (tertiary/aromatic N) is 4. The van der Waals surface area contributed by atoms with Gasteiger partial charge in [-0.3, -0.25) is 9.69 Å². The third kappa shape index (κ3) is 3.73. The Morgan fingerprint density at radius 3 is 2.67 bits per heavy atom. The highest BCUT2D eigenvalue weighted by atomic mass is 19.4. The van der Waals surface area contributed by atoms with Crippen LogP contribution in [-0.4, -0.2) is 51.4 Å². The SMILES string of the molecule is O=C([C@H]1CCn2c(cnc2C(F)(F)F)C1)N1CCN(Cc2ccco2)CC1. The van der Waals surface area contributed by atoms with E-state index in [0.29, 0.717) is 31.6 Å². The average molecular weight is 382 g/mol. The van der Waals surface area contributed by atoms with Gasteiger partial charge in [-0.2, -0.15) is 13.2 Å². The minimum absolute atomic E-state index is 0.0358. The maximum atomic E-state index is 13.0. The summed E-state index contributed by atoms with van der Waals surface area (Å²) in [7, 11) is 0. The molecule has 0 saturated carbocycles. The minimum atomic E-state index is -4.46. The normalized spacial score (nSPS) is 21.3. The van der Waals surface area contributed by atoms with Crippen molar-refractivity contribution in [2.24, 2.45) is 5.92 Å². The van der Waals surface area contributed by atoms with Gasteiger partial charge in [0.15, 0.2) is 0 Å². The summed E-state index contributed by atoms with van der Waals surface area (Å²) in [5, 5.41) is 0. The molecule has 0 radical (unpaired) electrons. The van der Waals surface area contributed by atoms with E-state index in [9.17, 15) is 18.0 Å². The smallest absolute Gasteiger partial charge is 0.449 e. The zero-order chi connectivity index (χ0) is 19.0. The summed E-state index contributed by atoms with van der Waals surface area (Å²) in [5.74, 6) is -0.203. The number of hydrogen-bond donors (Lipinski definition) is 0. The highest BCUT2D eigenvalue weighted by Crippen LogP contribution is 2.32. The number of aromatic nitrogens is 2. The first-order valence-electron chi connectivity index (χ1n) is 9.07. The first-order valence-corrected chi connectivity index (χ1v) is 9.07. The van der Waals surface area contributed by atoms with Gasteiger partial charge in [0.2, 0.25) is 11.7 Å². The summed E-state index contributed by atoms with van der Waals surface area (Å²) in [5.41, 5.74) is 0.489. The van der Waals surface area contributed by atoms with Gasteiger partial charge >= 0.3 is 6.18 Å². The number of fused-ring (bicyclic) bond motifs is 1. The molecule has 0 aromatic carbocycles. The van der Waals surface area contributed by atoms with Crippen LogP contribution in [0.15, 0.2) is 29.0 Å². The summed E-state index contributed by atoms with van der Waals surface area (Å²) in [6, 6.07) is 3.78. The van der Waals surface area contributed by atoms with Gasteiger partial charge in [-0.1, -0.05) is 0 Å². The van der Waals surface area contributed by atoms with Crippen LogP contribution in [0, 0.1) is 5.92 Å². The summed E-state index contributed by atoms with van der Waals surface area (Å²) in [6.45, 7) is 3.67. The fourth-order valence-corrected chi connectivity index (χ4v) is 3.91. The van der Waals surface area contributed by atoms with Crippen LogP contribution in [0.5, 0.6) is 0 Å². The maximum Gasteiger partial charge on any atom is 0.449 e. The van der Waals surface area contributed by atoms with Crippen molar-refractivity contribution in [1.29, 1.82) is 0 Å². The van der Waals surface area contributed by atoms with Gasteiger partial charge in [-0.25, -0.2) is 4.98 Å². The number of alkyl halides is 3. The molecular weight excluding hydrogens is 361 g/mol. The van der Waals surface area contributed by atoms with Gasteiger partial charge in [-0.15, -0.1) is 0 Å². The molecule has 2 aromatic heterocycles. The van der Waals surface area contributed by atoms with E-state index in [1.807, 2.05) is 17.0 Å². The molecule has 6 nitrogen and oxygen atoms in total. The molecule has 2 aromatic rings. The fraction of sp³-hybridized carbons (Fsp3) is 0.556. The highest BCUT2D eigenvalue weighted by molar-refractivity contribution is 5.79. The largest absolute Gasteiger partial charge is 0.468 e. The van der Waals surface area contributed by atoms with Crippen molar-refractivity contribution < 1.29 is 22.4 Å². The van der Waals surface area contributed by atoms with E-state index in [0.717, 1.165) is 25.4 Å². The van der Waals surface area contributed by atoms with Crippen molar-refractivity contribution in [3.8, 4) is 0 Å². The van der Waals surface area contributed by atoms with Gasteiger partial charge in [0.05, 0.1) is 12.8 Å². The molecule has 0 unspecified atom stereocenters. The molecule has 0 aliphatic carbocycles. The van der Waals surface area contributed by atoms with Crippen LogP contribution in [0.25, 0.3) is 0 Å². The van der Waals surface area contributed by atoms with E-state index in [2.05, 4.69) is 9.88 Å². The van der Waals surface area contributed by atoms with Crippen LogP contribution < -0.4 is 0 Å². The first-order chi connectivity index (χ1) is 12.9. The molecular formula is C18H21F3N4O2. The molecule has 27 heavy (non-hydrogen) atoms. The van der Waals surface area contributed by atoms with E-state index in [4.69, 9.17) is 4.42 Å². The molecule has 1 saturated heterocycles. The van der Waals surface area contributed by atoms with Crippen LogP contribution in [0.2, 0.25) is 0 Å². The zero-order valence-electron chi connectivity index (χ0n) is 14.8. The van der Waals surface area contributed by atoms with Crippen LogP contribution in [-0.2, 0) is 30.5 Å². The number of halogens is 3. The maximum absolute atomic E-state index is 13.0. The molecule has 1 fully saturated rings. The lowest BCUT2D eigenvalue weighted by Gasteiger charge is -2.37. The number of hydrogen-bond acceptors (Lipinski definition) is 4. The lowest BCUT2D eigenvalue weighted by molar-refractivity contribution is -0.147. The second kappa shape index (κ2) is 7.03. The molecule has 0 bridgehead atoms. The number of rotatable bonds is 3. The number of carbonyl (C=O) groups excluding carboxylic acids is 1. The van der Waals surface area contributed by atoms with Crippen molar-refractivity contribution in [2.75, 3.05) is 26.2 Å². The summed E-state index contributed by atoms with van der Waals surface area (Å²) < 4.78 is 45.4. The molecule has 9 heteroatoms. The Balaban J connectivity index is 1.34. The fourth-order valence-electron chi connectivity index (χ4n) is 3.91. The van der Waals surface area contributed by atoms with Gasteiger partial charge < -0.3 is 13.9 Å². The van der Waals surface area contributed by atoms with Crippen LogP contribution in [0.3, 0.4) is 0 Å². The first kappa shape index (κ1) is 18.1. The van der Waals surface area contributed by atoms with E-state index in [1.54, 1.807) is 6.26 Å². The number of imidazole rings is 1. The predicted molar refractivity (Wildman–Crippen MR) is 89.6 cm³/mol. The molecule has 146 valence electrons. The molecule has 2 aliphatic heterocycles. The Kier molecular flexibility index (Phi) is 4.71. The third-order valence-electron chi connectivity index (χ3n) is 5.34. The van der Waals surface area contributed by atoms with Gasteiger partial charge in [0.1, 0.15) is 5.76 Å². The lowest BCUT2D eigenvalue weighted by atomic mass is 9.94. The predicted octanol–water partition coefficient (Wildman–Crippen LogP) is 2.40. The minimum Gasteiger partial charge on any atom is -0.468 e. The Labute approximate surface area is 154 Å². The number of piperazine rings is 1. The van der Waals surface area contributed by atoms with Crippen LogP contribution >= 0.6 is 0 Å². The molecule has 0 N–H and O–H groups in total. The van der Waals surface area contributed by atoms with Gasteiger partial charge in [0.25, 0.3) is 0 Å². The van der Waals surface area contributed by atoms with Crippen LogP contribution in [0.1, 0.15) is 23.7 Å². The van der Waals surface area contributed by atoms with Crippen LogP contribution in [0.4, 0.5) is 13.2 Å². The van der Waals surface area contributed by atoms with Crippen molar-refractivity contribution in [3.63, 3.8) is 0 Å². The topological polar surface area (TPSA) is 54.5 Å². The van der Waals surface area contributed by atoms with E-state index in [-0.39, 0.29) is 18.4 Å². The Morgan fingerprint density at radius 1 is 1.22 bits per heavy atom. The summed E-state index contributed by atoms with van der Waals surface area (Å²) >= 11 is 0. The summed E-state index contributed by atoms with van der Waals surface area (Å²) in [6.07, 6.45) is -0.831. The van der Waals surface area contributed by atoms with Gasteiger partial charge in [0, 0.05) is 57.0 Å². The van der Waals surface area contributed by atoms with Crippen molar-refractivity contribution in [2.45, 2.75) is 32.1 Å². The Bertz CT molecular complexity index is 792. The van der Waals surface area contributed by atoms with E-state index >= 15 is 0 Å². The molecule has 4 heterocycles. The third-order valence-corrected chi connectivity index (χ3v) is 5.34. The molecule has 1 amide bonds. The van der Waals surface area contributed by atoms with E-state index < -0.39 is 12.0 Å². The zero-order valence-corrected chi connectivity index (χ0v) is 14.8. The second-order valence-corrected chi connectivity index (χ2v) is 7.09. The highest BCUT2D eigenvalue weighted by Gasteiger charge is 2.40. The van der Waals surface area contributed by atoms with E-state index in [1.165, 1.54) is 10.8 Å². The monoisotopic (exact) mass is 382 g/mol. The van der Waals surface area contributed by atoms with Crippen molar-refractivity contribution >= 4 is 5.91 Å². The average Bonchev–Trinajstić information content (AvgIpc) is 3.30. The molecule has 4 rings (SSSR count). The molecule has 2 aliphatic rings. The molecule has 1 atom stereocenters. The Hall–Kier alpha value is -2.29. The van der Waals surface area contributed by atoms with Crippen molar-refractivity contribution in [1.82, 2.24) is 19.4 Å². The van der Waals surface area contributed by atoms with Crippen molar-refractivity contribution in [3.05, 3.63) is 41.9 Å². The standard InChI is InChI=1S/C18H21F3N4O2/c19-18(20,21)17-22-11-14-10-13(3-4-25(14)17)16(26)24-7-5-23(6-8-24)12-15-2-1-9-27-15/h1-2,9,11,13H,3-8,10,12H2/t13-/m0/s1. The summed E-state index contributed by atoms with van der Waals surface area (Å²) in [4.78, 5) is 20.4. The number of amides is 1. The number of carbonyl (C=O) groups is 1. The Morgan fingerprint density at radius 2 is 2.00 bits per heavy atom. The lowest BCUT2D eigenvalue weighted by Crippen LogP contribution is -2.50. The molecule has 0 spiro atoms. The number of furan rings is 1. The van der Waals surface area contributed by atoms with Gasteiger partial charge in [-0.05, 0) is 18.6 Å².